The summed E-state index contributed by atoms with van der Waals surface area (Å²) in [6, 6.07) is 5.01. The highest BCUT2D eigenvalue weighted by molar-refractivity contribution is 5.68. The van der Waals surface area contributed by atoms with E-state index in [0.717, 1.165) is 12.1 Å². The normalized spacial score (nSPS) is 18.8. The fraction of sp³-hybridized carbons (Fsp3) is 0.588. The second-order valence-electron chi connectivity index (χ2n) is 6.96. The number of carbonyl (C=O) groups is 1. The molecular weight excluding hydrogens is 337 g/mol. The second kappa shape index (κ2) is 7.51. The highest BCUT2D eigenvalue weighted by atomic mass is 19.4. The Morgan fingerprint density at radius 2 is 1.92 bits per heavy atom. The Kier molecular flexibility index (Phi) is 5.82. The Labute approximate surface area is 145 Å². The summed E-state index contributed by atoms with van der Waals surface area (Å²) < 4.78 is 48.6. The van der Waals surface area contributed by atoms with Crippen LogP contribution in [0.2, 0.25) is 0 Å². The van der Waals surface area contributed by atoms with E-state index in [9.17, 15) is 18.0 Å². The van der Waals surface area contributed by atoms with E-state index in [1.807, 2.05) is 25.7 Å². The van der Waals surface area contributed by atoms with E-state index >= 15 is 0 Å². The van der Waals surface area contributed by atoms with Crippen LogP contribution < -0.4 is 10.2 Å². The molecule has 1 fully saturated rings. The number of hydrogen-bond donors (Lipinski definition) is 1. The molecule has 25 heavy (non-hydrogen) atoms. The minimum Gasteiger partial charge on any atom is -0.447 e. The van der Waals surface area contributed by atoms with Crippen LogP contribution in [0.1, 0.15) is 26.3 Å². The number of benzene rings is 1. The molecule has 140 valence electrons. The third-order valence-electron chi connectivity index (χ3n) is 3.58. The Hall–Kier alpha value is -1.96. The third kappa shape index (κ3) is 6.12. The molecule has 2 rings (SSSR count). The topological polar surface area (TPSA) is 50.8 Å². The SMILES string of the molecule is CC(C)(C)NC(=O)OCC1CN(c2ccc(C(F)(F)F)cc2)CCO1. The summed E-state index contributed by atoms with van der Waals surface area (Å²) in [5, 5.41) is 2.69. The lowest BCUT2D eigenvalue weighted by molar-refractivity contribution is -0.137. The van der Waals surface area contributed by atoms with Crippen molar-refractivity contribution in [2.24, 2.45) is 0 Å². The first-order valence-corrected chi connectivity index (χ1v) is 8.03. The molecule has 1 atom stereocenters. The van der Waals surface area contributed by atoms with E-state index in [2.05, 4.69) is 5.32 Å². The van der Waals surface area contributed by atoms with E-state index in [1.54, 1.807) is 0 Å². The van der Waals surface area contributed by atoms with Crippen LogP contribution in [0.4, 0.5) is 23.7 Å². The summed E-state index contributed by atoms with van der Waals surface area (Å²) in [7, 11) is 0. The molecule has 1 amide bonds. The second-order valence-corrected chi connectivity index (χ2v) is 6.96. The molecule has 0 aliphatic carbocycles. The van der Waals surface area contributed by atoms with Gasteiger partial charge in [0.25, 0.3) is 0 Å². The highest BCUT2D eigenvalue weighted by Crippen LogP contribution is 2.30. The molecule has 1 heterocycles. The zero-order valence-electron chi connectivity index (χ0n) is 14.5. The van der Waals surface area contributed by atoms with Crippen LogP contribution in [0, 0.1) is 0 Å². The van der Waals surface area contributed by atoms with Crippen molar-refractivity contribution in [3.63, 3.8) is 0 Å². The molecule has 8 heteroatoms. The Morgan fingerprint density at radius 3 is 2.48 bits per heavy atom. The van der Waals surface area contributed by atoms with Gasteiger partial charge in [0.15, 0.2) is 0 Å². The molecular formula is C17H23F3N2O3. The lowest BCUT2D eigenvalue weighted by Crippen LogP contribution is -2.46. The molecule has 1 aromatic carbocycles. The van der Waals surface area contributed by atoms with Crippen molar-refractivity contribution in [3.05, 3.63) is 29.8 Å². The van der Waals surface area contributed by atoms with E-state index < -0.39 is 23.4 Å². The summed E-state index contributed by atoms with van der Waals surface area (Å²) in [6.45, 7) is 7.03. The number of alkyl halides is 3. The molecule has 1 unspecified atom stereocenters. The molecule has 1 aliphatic rings. The lowest BCUT2D eigenvalue weighted by Gasteiger charge is -2.34. The standard InChI is InChI=1S/C17H23F3N2O3/c1-16(2,3)21-15(23)25-11-14-10-22(8-9-24-14)13-6-4-12(5-7-13)17(18,19)20/h4-7,14H,8-11H2,1-3H3,(H,21,23). The van der Waals surface area contributed by atoms with Gasteiger partial charge in [0, 0.05) is 24.3 Å². The Balaban J connectivity index is 1.89. The van der Waals surface area contributed by atoms with Crippen molar-refractivity contribution in [2.45, 2.75) is 38.6 Å². The fourth-order valence-electron chi connectivity index (χ4n) is 2.43. The van der Waals surface area contributed by atoms with Gasteiger partial charge in [-0.05, 0) is 45.0 Å². The lowest BCUT2D eigenvalue weighted by atomic mass is 10.1. The summed E-state index contributed by atoms with van der Waals surface area (Å²) >= 11 is 0. The van der Waals surface area contributed by atoms with Crippen LogP contribution in [0.3, 0.4) is 0 Å². The van der Waals surface area contributed by atoms with E-state index in [1.165, 1.54) is 12.1 Å². The maximum Gasteiger partial charge on any atom is 0.416 e. The van der Waals surface area contributed by atoms with Crippen molar-refractivity contribution in [3.8, 4) is 0 Å². The number of morpholine rings is 1. The number of halogens is 3. The van der Waals surface area contributed by atoms with Crippen molar-refractivity contribution < 1.29 is 27.4 Å². The minimum atomic E-state index is -4.35. The quantitative estimate of drug-likeness (QED) is 0.897. The van der Waals surface area contributed by atoms with Gasteiger partial charge in [-0.1, -0.05) is 0 Å². The van der Waals surface area contributed by atoms with Gasteiger partial charge in [-0.2, -0.15) is 13.2 Å². The number of nitrogens with one attached hydrogen (secondary N) is 1. The van der Waals surface area contributed by atoms with Gasteiger partial charge < -0.3 is 19.7 Å². The molecule has 0 bridgehead atoms. The molecule has 0 saturated carbocycles. The van der Waals surface area contributed by atoms with Crippen molar-refractivity contribution in [2.75, 3.05) is 31.2 Å². The summed E-state index contributed by atoms with van der Waals surface area (Å²) in [4.78, 5) is 13.6. The number of amides is 1. The Bertz CT molecular complexity index is 582. The van der Waals surface area contributed by atoms with Crippen LogP contribution in [0.25, 0.3) is 0 Å². The van der Waals surface area contributed by atoms with Gasteiger partial charge in [-0.3, -0.25) is 0 Å². The van der Waals surface area contributed by atoms with Gasteiger partial charge >= 0.3 is 12.3 Å². The first-order chi connectivity index (χ1) is 11.5. The molecule has 1 N–H and O–H groups in total. The van der Waals surface area contributed by atoms with Gasteiger partial charge in [-0.25, -0.2) is 4.79 Å². The van der Waals surface area contributed by atoms with Crippen LogP contribution in [0.15, 0.2) is 24.3 Å². The van der Waals surface area contributed by atoms with Crippen molar-refractivity contribution in [1.82, 2.24) is 5.32 Å². The van der Waals surface area contributed by atoms with Crippen LogP contribution >= 0.6 is 0 Å². The predicted octanol–water partition coefficient (Wildman–Crippen LogP) is 3.44. The number of rotatable bonds is 3. The zero-order valence-corrected chi connectivity index (χ0v) is 14.5. The number of ether oxygens (including phenoxy) is 2. The largest absolute Gasteiger partial charge is 0.447 e. The predicted molar refractivity (Wildman–Crippen MR) is 87.6 cm³/mol. The average Bonchev–Trinajstić information content (AvgIpc) is 2.51. The molecule has 0 aromatic heterocycles. The number of anilines is 1. The van der Waals surface area contributed by atoms with Crippen molar-refractivity contribution in [1.29, 1.82) is 0 Å². The molecule has 0 radical (unpaired) electrons. The molecule has 1 aliphatic heterocycles. The number of nitrogens with zero attached hydrogens (tertiary/aromatic N) is 1. The van der Waals surface area contributed by atoms with Gasteiger partial charge in [0.2, 0.25) is 0 Å². The monoisotopic (exact) mass is 360 g/mol. The summed E-state index contributed by atoms with van der Waals surface area (Å²) in [5.41, 5.74) is -0.389. The Morgan fingerprint density at radius 1 is 1.28 bits per heavy atom. The van der Waals surface area contributed by atoms with Crippen LogP contribution in [-0.2, 0) is 15.7 Å². The molecule has 5 nitrogen and oxygen atoms in total. The smallest absolute Gasteiger partial charge is 0.416 e. The van der Waals surface area contributed by atoms with Gasteiger partial charge in [0.05, 0.1) is 12.2 Å². The minimum absolute atomic E-state index is 0.0824. The van der Waals surface area contributed by atoms with E-state index in [4.69, 9.17) is 9.47 Å². The summed E-state index contributed by atoms with van der Waals surface area (Å²) in [6.07, 6.45) is -5.20. The zero-order chi connectivity index (χ0) is 18.7. The molecule has 1 saturated heterocycles. The molecule has 1 aromatic rings. The molecule has 0 spiro atoms. The highest BCUT2D eigenvalue weighted by Gasteiger charge is 2.30. The van der Waals surface area contributed by atoms with Crippen LogP contribution in [0.5, 0.6) is 0 Å². The van der Waals surface area contributed by atoms with Gasteiger partial charge in [0.1, 0.15) is 12.7 Å². The number of hydrogen-bond acceptors (Lipinski definition) is 4. The summed E-state index contributed by atoms with van der Waals surface area (Å²) in [5.74, 6) is 0. The van der Waals surface area contributed by atoms with Gasteiger partial charge in [-0.15, -0.1) is 0 Å². The average molecular weight is 360 g/mol. The van der Waals surface area contributed by atoms with E-state index in [0.29, 0.717) is 25.4 Å². The first kappa shape index (κ1) is 19.4. The third-order valence-corrected chi connectivity index (χ3v) is 3.58. The maximum atomic E-state index is 12.6. The number of carbonyl (C=O) groups excluding carboxylic acids is 1. The maximum absolute atomic E-state index is 12.6. The van der Waals surface area contributed by atoms with Crippen molar-refractivity contribution >= 4 is 11.8 Å². The van der Waals surface area contributed by atoms with Crippen LogP contribution in [-0.4, -0.2) is 44.0 Å². The fourth-order valence-corrected chi connectivity index (χ4v) is 2.43. The van der Waals surface area contributed by atoms with E-state index in [-0.39, 0.29) is 12.7 Å². The number of alkyl carbamates (subject to hydrolysis) is 1. The first-order valence-electron chi connectivity index (χ1n) is 8.03.